The van der Waals surface area contributed by atoms with E-state index in [9.17, 15) is 4.79 Å². The van der Waals surface area contributed by atoms with Crippen LogP contribution in [0.5, 0.6) is 0 Å². The third-order valence-electron chi connectivity index (χ3n) is 1.48. The quantitative estimate of drug-likeness (QED) is 0.618. The van der Waals surface area contributed by atoms with E-state index in [1.165, 1.54) is 0 Å². The van der Waals surface area contributed by atoms with Crippen LogP contribution < -0.4 is 0 Å². The highest BCUT2D eigenvalue weighted by atomic mass is 79.9. The van der Waals surface area contributed by atoms with Crippen LogP contribution in [-0.4, -0.2) is 11.1 Å². The van der Waals surface area contributed by atoms with E-state index < -0.39 is 0 Å². The number of hydrogen-bond acceptors (Lipinski definition) is 1. The van der Waals surface area contributed by atoms with E-state index in [2.05, 4.69) is 31.9 Å². The summed E-state index contributed by atoms with van der Waals surface area (Å²) in [4.78, 5) is 11.2. The predicted octanol–water partition coefficient (Wildman–Crippen LogP) is 3.39. The lowest BCUT2D eigenvalue weighted by Gasteiger charge is -1.95. The zero-order chi connectivity index (χ0) is 9.68. The van der Waals surface area contributed by atoms with E-state index in [0.29, 0.717) is 9.81 Å². The fourth-order valence-corrected chi connectivity index (χ4v) is 1.92. The van der Waals surface area contributed by atoms with Gasteiger partial charge in [0.05, 0.1) is 9.81 Å². The molecular weight excluding hydrogens is 296 g/mol. The first-order valence-corrected chi connectivity index (χ1v) is 5.67. The molecule has 0 bridgehead atoms. The van der Waals surface area contributed by atoms with Crippen LogP contribution in [0.25, 0.3) is 6.08 Å². The second-order valence-corrected chi connectivity index (χ2v) is 3.87. The third kappa shape index (κ3) is 3.44. The fraction of sp³-hybridized carbons (Fsp3) is 0.100. The van der Waals surface area contributed by atoms with Gasteiger partial charge in [-0.05, 0) is 27.6 Å². The van der Waals surface area contributed by atoms with Crippen LogP contribution in [0.15, 0.2) is 34.8 Å². The zero-order valence-electron chi connectivity index (χ0n) is 6.84. The Morgan fingerprint density at radius 3 is 2.46 bits per heavy atom. The van der Waals surface area contributed by atoms with Gasteiger partial charge in [0.1, 0.15) is 0 Å². The number of carbonyl (C=O) groups excluding carboxylic acids is 1. The number of Topliss-reactive ketones (excluding diaryl/α,β-unsaturated/α-hetero) is 1. The monoisotopic (exact) mass is 302 g/mol. The van der Waals surface area contributed by atoms with Crippen molar-refractivity contribution < 1.29 is 4.79 Å². The first-order valence-electron chi connectivity index (χ1n) is 3.75. The highest BCUT2D eigenvalue weighted by molar-refractivity contribution is 9.12. The number of hydrogen-bond donors (Lipinski definition) is 0. The molecule has 0 heterocycles. The van der Waals surface area contributed by atoms with Crippen LogP contribution in [0, 0.1) is 0 Å². The van der Waals surface area contributed by atoms with Gasteiger partial charge < -0.3 is 0 Å². The number of allylic oxidation sites excluding steroid dienone is 1. The Morgan fingerprint density at radius 1 is 1.31 bits per heavy atom. The maximum absolute atomic E-state index is 11.2. The summed E-state index contributed by atoms with van der Waals surface area (Å²) in [5, 5.41) is 0.344. The van der Waals surface area contributed by atoms with E-state index >= 15 is 0 Å². The van der Waals surface area contributed by atoms with Crippen molar-refractivity contribution in [2.45, 2.75) is 0 Å². The number of ketones is 1. The molecule has 0 atom stereocenters. The Labute approximate surface area is 94.1 Å². The number of rotatable bonds is 3. The Morgan fingerprint density at radius 2 is 1.92 bits per heavy atom. The summed E-state index contributed by atoms with van der Waals surface area (Å²) in [5.41, 5.74) is 1.02. The molecule has 1 rings (SSSR count). The van der Waals surface area contributed by atoms with E-state index in [1.54, 1.807) is 0 Å². The van der Waals surface area contributed by atoms with E-state index in [4.69, 9.17) is 0 Å². The molecule has 68 valence electrons. The second-order valence-electron chi connectivity index (χ2n) is 2.46. The van der Waals surface area contributed by atoms with E-state index in [-0.39, 0.29) is 5.78 Å². The van der Waals surface area contributed by atoms with Gasteiger partial charge >= 0.3 is 0 Å². The molecule has 0 radical (unpaired) electrons. The highest BCUT2D eigenvalue weighted by Crippen LogP contribution is 2.13. The molecule has 1 nitrogen and oxygen atoms in total. The van der Waals surface area contributed by atoms with Crippen LogP contribution in [0.4, 0.5) is 0 Å². The van der Waals surface area contributed by atoms with Gasteiger partial charge in [0, 0.05) is 0 Å². The van der Waals surface area contributed by atoms with Crippen molar-refractivity contribution in [3.8, 4) is 0 Å². The van der Waals surface area contributed by atoms with Crippen LogP contribution in [0.2, 0.25) is 0 Å². The minimum absolute atomic E-state index is 0.0452. The van der Waals surface area contributed by atoms with Crippen molar-refractivity contribution in [1.29, 1.82) is 0 Å². The maximum Gasteiger partial charge on any atom is 0.180 e. The Hall–Kier alpha value is -0.410. The van der Waals surface area contributed by atoms with E-state index in [1.807, 2.05) is 36.4 Å². The van der Waals surface area contributed by atoms with Crippen molar-refractivity contribution in [3.05, 3.63) is 40.4 Å². The topological polar surface area (TPSA) is 17.1 Å². The molecule has 0 unspecified atom stereocenters. The summed E-state index contributed by atoms with van der Waals surface area (Å²) in [7, 11) is 0. The Kier molecular flexibility index (Phi) is 4.39. The number of benzene rings is 1. The largest absolute Gasteiger partial charge is 0.293 e. The molecule has 0 aliphatic rings. The molecule has 0 N–H and O–H groups in total. The van der Waals surface area contributed by atoms with Gasteiger partial charge in [-0.3, -0.25) is 4.79 Å². The minimum atomic E-state index is 0.0452. The van der Waals surface area contributed by atoms with Gasteiger partial charge in [0.2, 0.25) is 0 Å². The summed E-state index contributed by atoms with van der Waals surface area (Å²) < 4.78 is 0.593. The molecule has 0 saturated carbocycles. The predicted molar refractivity (Wildman–Crippen MR) is 62.1 cm³/mol. The highest BCUT2D eigenvalue weighted by Gasteiger charge is 2.02. The molecule has 0 aromatic heterocycles. The number of alkyl halides is 1. The normalized spacial score (nSPS) is 11.4. The standard InChI is InChI=1S/C10H8Br2O/c11-7-10(13)9(12)6-8-4-2-1-3-5-8/h1-6H,7H2. The smallest absolute Gasteiger partial charge is 0.180 e. The third-order valence-corrected chi connectivity index (χ3v) is 2.66. The molecule has 1 aromatic carbocycles. The Balaban J connectivity index is 2.83. The zero-order valence-corrected chi connectivity index (χ0v) is 10.0. The van der Waals surface area contributed by atoms with Crippen molar-refractivity contribution in [1.82, 2.24) is 0 Å². The van der Waals surface area contributed by atoms with Gasteiger partial charge in [0.15, 0.2) is 5.78 Å². The molecule has 0 amide bonds. The average molecular weight is 304 g/mol. The van der Waals surface area contributed by atoms with E-state index in [0.717, 1.165) is 5.56 Å². The summed E-state index contributed by atoms with van der Waals surface area (Å²) in [6.45, 7) is 0. The van der Waals surface area contributed by atoms with Crippen LogP contribution >= 0.6 is 31.9 Å². The minimum Gasteiger partial charge on any atom is -0.293 e. The first kappa shape index (κ1) is 10.7. The second kappa shape index (κ2) is 5.35. The molecular formula is C10H8Br2O. The number of halogens is 2. The van der Waals surface area contributed by atoms with Crippen LogP contribution in [0.3, 0.4) is 0 Å². The molecule has 0 aliphatic heterocycles. The molecule has 0 fully saturated rings. The molecule has 0 spiro atoms. The average Bonchev–Trinajstić information content (AvgIpc) is 2.18. The summed E-state index contributed by atoms with van der Waals surface area (Å²) in [6, 6.07) is 9.71. The van der Waals surface area contributed by atoms with Gasteiger partial charge in [0.25, 0.3) is 0 Å². The van der Waals surface area contributed by atoms with Crippen molar-refractivity contribution >= 4 is 43.7 Å². The fourth-order valence-electron chi connectivity index (χ4n) is 0.840. The van der Waals surface area contributed by atoms with Crippen molar-refractivity contribution in [3.63, 3.8) is 0 Å². The SMILES string of the molecule is O=C(CBr)C(Br)=Cc1ccccc1. The van der Waals surface area contributed by atoms with Crippen molar-refractivity contribution in [2.75, 3.05) is 5.33 Å². The first-order chi connectivity index (χ1) is 6.24. The lowest BCUT2D eigenvalue weighted by atomic mass is 10.2. The molecule has 0 saturated heterocycles. The van der Waals surface area contributed by atoms with Gasteiger partial charge in [-0.25, -0.2) is 0 Å². The summed E-state index contributed by atoms with van der Waals surface area (Å²) in [5.74, 6) is 0.0452. The van der Waals surface area contributed by atoms with Gasteiger partial charge in [-0.15, -0.1) is 0 Å². The molecule has 0 aliphatic carbocycles. The molecule has 1 aromatic rings. The summed E-state index contributed by atoms with van der Waals surface area (Å²) in [6.07, 6.45) is 1.81. The Bertz CT molecular complexity index is 317. The molecule has 13 heavy (non-hydrogen) atoms. The maximum atomic E-state index is 11.2. The molecule has 3 heteroatoms. The van der Waals surface area contributed by atoms with Crippen LogP contribution in [-0.2, 0) is 4.79 Å². The van der Waals surface area contributed by atoms with Crippen LogP contribution in [0.1, 0.15) is 5.56 Å². The van der Waals surface area contributed by atoms with Crippen molar-refractivity contribution in [2.24, 2.45) is 0 Å². The number of carbonyl (C=O) groups is 1. The lowest BCUT2D eigenvalue weighted by Crippen LogP contribution is -1.97. The lowest BCUT2D eigenvalue weighted by molar-refractivity contribution is -0.112. The summed E-state index contributed by atoms with van der Waals surface area (Å²) >= 11 is 6.33. The van der Waals surface area contributed by atoms with Gasteiger partial charge in [-0.2, -0.15) is 0 Å². The van der Waals surface area contributed by atoms with Gasteiger partial charge in [-0.1, -0.05) is 46.3 Å².